The molecule has 15 heavy (non-hydrogen) atoms. The summed E-state index contributed by atoms with van der Waals surface area (Å²) in [6.45, 7) is 5.92. The van der Waals surface area contributed by atoms with Crippen LogP contribution >= 0.6 is 22.6 Å². The van der Waals surface area contributed by atoms with Gasteiger partial charge in [0.15, 0.2) is 5.82 Å². The van der Waals surface area contributed by atoms with Gasteiger partial charge in [0.2, 0.25) is 0 Å². The fourth-order valence-corrected chi connectivity index (χ4v) is 0.970. The smallest absolute Gasteiger partial charge is 0.251 e. The molecule has 0 radical (unpaired) electrons. The molecule has 0 unspecified atom stereocenters. The van der Waals surface area contributed by atoms with Crippen molar-refractivity contribution in [2.75, 3.05) is 6.54 Å². The molecule has 0 aliphatic heterocycles. The molecular weight excluding hydrogens is 309 g/mol. The van der Waals surface area contributed by atoms with Crippen molar-refractivity contribution in [2.24, 2.45) is 22.2 Å². The number of nitrogens with one attached hydrogen (secondary N) is 1. The molecule has 0 aliphatic carbocycles. The molecule has 1 amide bonds. The van der Waals surface area contributed by atoms with Gasteiger partial charge in [0.25, 0.3) is 5.91 Å². The number of aliphatic imine (C=N–C) groups is 1. The van der Waals surface area contributed by atoms with E-state index in [0.29, 0.717) is 16.1 Å². The van der Waals surface area contributed by atoms with E-state index in [4.69, 9.17) is 17.2 Å². The highest BCUT2D eigenvalue weighted by molar-refractivity contribution is 14.1. The van der Waals surface area contributed by atoms with Crippen molar-refractivity contribution in [1.82, 2.24) is 5.32 Å². The third-order valence-electron chi connectivity index (χ3n) is 1.41. The summed E-state index contributed by atoms with van der Waals surface area (Å²) in [6.07, 6.45) is 0. The van der Waals surface area contributed by atoms with Gasteiger partial charge in [-0.2, -0.15) is 0 Å². The Labute approximate surface area is 102 Å². The lowest BCUT2D eigenvalue weighted by atomic mass is 10.3. The third kappa shape index (κ3) is 4.68. The van der Waals surface area contributed by atoms with Gasteiger partial charge in [0, 0.05) is 6.54 Å². The van der Waals surface area contributed by atoms with Crippen molar-refractivity contribution in [3.8, 4) is 0 Å². The summed E-state index contributed by atoms with van der Waals surface area (Å²) in [7, 11) is 0. The summed E-state index contributed by atoms with van der Waals surface area (Å²) >= 11 is 1.89. The predicted molar refractivity (Wildman–Crippen MR) is 68.9 cm³/mol. The van der Waals surface area contributed by atoms with Crippen molar-refractivity contribution in [1.29, 1.82) is 0 Å². The lowest BCUT2D eigenvalue weighted by Crippen LogP contribution is -2.27. The quantitative estimate of drug-likeness (QED) is 0.179. The molecule has 0 atom stereocenters. The van der Waals surface area contributed by atoms with E-state index in [1.165, 1.54) is 0 Å². The van der Waals surface area contributed by atoms with E-state index < -0.39 is 5.91 Å². The van der Waals surface area contributed by atoms with Crippen LogP contribution in [-0.2, 0) is 4.79 Å². The maximum absolute atomic E-state index is 10.7. The first-order chi connectivity index (χ1) is 6.90. The van der Waals surface area contributed by atoms with Crippen LogP contribution in [0.1, 0.15) is 6.92 Å². The second-order valence-corrected chi connectivity index (χ2v) is 3.73. The molecule has 0 fully saturated rings. The zero-order valence-electron chi connectivity index (χ0n) is 8.38. The lowest BCUT2D eigenvalue weighted by Gasteiger charge is -2.06. The van der Waals surface area contributed by atoms with Gasteiger partial charge in [-0.05, 0) is 29.5 Å². The third-order valence-corrected chi connectivity index (χ3v) is 1.92. The van der Waals surface area contributed by atoms with Crippen molar-refractivity contribution in [3.05, 3.63) is 21.7 Å². The first-order valence-electron chi connectivity index (χ1n) is 4.12. The van der Waals surface area contributed by atoms with E-state index >= 15 is 0 Å². The second-order valence-electron chi connectivity index (χ2n) is 2.57. The molecule has 0 saturated carbocycles. The second kappa shape index (κ2) is 6.27. The Morgan fingerprint density at radius 1 is 1.47 bits per heavy atom. The minimum atomic E-state index is -0.709. The average molecular weight is 323 g/mol. The molecule has 0 saturated heterocycles. The number of halogens is 1. The van der Waals surface area contributed by atoms with E-state index in [-0.39, 0.29) is 11.4 Å². The maximum Gasteiger partial charge on any atom is 0.251 e. The molecular formula is C8H14IN5O. The minimum absolute atomic E-state index is 0.0388. The van der Waals surface area contributed by atoms with E-state index in [0.717, 1.165) is 0 Å². The number of amidine groups is 1. The number of primary amides is 1. The van der Waals surface area contributed by atoms with E-state index in [9.17, 15) is 4.79 Å². The summed E-state index contributed by atoms with van der Waals surface area (Å²) in [5.41, 5.74) is 16.0. The lowest BCUT2D eigenvalue weighted by molar-refractivity contribution is -0.114. The van der Waals surface area contributed by atoms with Gasteiger partial charge in [-0.15, -0.1) is 0 Å². The van der Waals surface area contributed by atoms with Gasteiger partial charge < -0.3 is 22.5 Å². The average Bonchev–Trinajstić information content (AvgIpc) is 2.15. The zero-order chi connectivity index (χ0) is 12.0. The predicted octanol–water partition coefficient (Wildman–Crippen LogP) is -0.485. The Hall–Kier alpha value is -1.25. The number of hydrogen-bond acceptors (Lipinski definition) is 4. The van der Waals surface area contributed by atoms with Gasteiger partial charge in [-0.25, -0.2) is 4.99 Å². The fraction of sp³-hybridized carbons (Fsp3) is 0.250. The van der Waals surface area contributed by atoms with Crippen molar-refractivity contribution >= 4 is 34.3 Å². The van der Waals surface area contributed by atoms with Gasteiger partial charge in [0.05, 0.1) is 5.57 Å². The van der Waals surface area contributed by atoms with Crippen LogP contribution in [0.3, 0.4) is 0 Å². The van der Waals surface area contributed by atoms with Crippen molar-refractivity contribution in [3.63, 3.8) is 0 Å². The Bertz CT molecular complexity index is 330. The number of carbonyl (C=O) groups is 1. The number of nitrogens with zero attached hydrogens (tertiary/aromatic N) is 1. The monoisotopic (exact) mass is 323 g/mol. The van der Waals surface area contributed by atoms with Crippen LogP contribution < -0.4 is 22.5 Å². The Kier molecular flexibility index (Phi) is 5.75. The van der Waals surface area contributed by atoms with Gasteiger partial charge in [-0.1, -0.05) is 6.58 Å². The minimum Gasteiger partial charge on any atom is -0.391 e. The standard InChI is InChI=1S/C8H14IN5O/c1-3-13-8(5(9)10)14-6(11)4(2)7(12)15/h13H,2-3,10H2,1H3,(H2,11,14)(H2,12,15)/b8-5-. The molecule has 0 aliphatic rings. The highest BCUT2D eigenvalue weighted by Gasteiger charge is 2.07. The Morgan fingerprint density at radius 2 is 2.00 bits per heavy atom. The molecule has 0 bridgehead atoms. The van der Waals surface area contributed by atoms with Gasteiger partial charge in [-0.3, -0.25) is 4.79 Å². The summed E-state index contributed by atoms with van der Waals surface area (Å²) in [4.78, 5) is 14.7. The van der Waals surface area contributed by atoms with Crippen LogP contribution in [-0.4, -0.2) is 18.3 Å². The normalized spacial score (nSPS) is 13.1. The van der Waals surface area contributed by atoms with E-state index in [1.807, 2.05) is 29.5 Å². The molecule has 0 rings (SSSR count). The zero-order valence-corrected chi connectivity index (χ0v) is 10.5. The molecule has 0 aromatic carbocycles. The molecule has 7 N–H and O–H groups in total. The molecule has 7 heteroatoms. The van der Waals surface area contributed by atoms with Crippen LogP contribution in [0.5, 0.6) is 0 Å². The molecule has 6 nitrogen and oxygen atoms in total. The summed E-state index contributed by atoms with van der Waals surface area (Å²) in [6, 6.07) is 0. The Morgan fingerprint density at radius 3 is 2.33 bits per heavy atom. The van der Waals surface area contributed by atoms with Crippen LogP contribution in [0.2, 0.25) is 0 Å². The summed E-state index contributed by atoms with van der Waals surface area (Å²) in [5.74, 6) is -0.352. The highest BCUT2D eigenvalue weighted by Crippen LogP contribution is 2.05. The molecule has 0 aromatic heterocycles. The summed E-state index contributed by atoms with van der Waals surface area (Å²) < 4.78 is 0.440. The topological polar surface area (TPSA) is 120 Å². The van der Waals surface area contributed by atoms with Crippen LogP contribution in [0.15, 0.2) is 26.7 Å². The highest BCUT2D eigenvalue weighted by atomic mass is 127. The van der Waals surface area contributed by atoms with Crippen LogP contribution in [0, 0.1) is 0 Å². The van der Waals surface area contributed by atoms with Gasteiger partial charge >= 0.3 is 0 Å². The first-order valence-corrected chi connectivity index (χ1v) is 5.20. The number of nitrogens with two attached hydrogens (primary N) is 3. The number of rotatable bonds is 5. The molecule has 0 heterocycles. The van der Waals surface area contributed by atoms with Crippen molar-refractivity contribution < 1.29 is 4.79 Å². The van der Waals surface area contributed by atoms with Crippen LogP contribution in [0.4, 0.5) is 0 Å². The fourth-order valence-electron chi connectivity index (χ4n) is 0.659. The maximum atomic E-state index is 10.7. The van der Waals surface area contributed by atoms with Crippen LogP contribution in [0.25, 0.3) is 0 Å². The Balaban J connectivity index is 4.93. The molecule has 84 valence electrons. The van der Waals surface area contributed by atoms with E-state index in [2.05, 4.69) is 16.9 Å². The number of amides is 1. The van der Waals surface area contributed by atoms with E-state index in [1.54, 1.807) is 0 Å². The SMILES string of the molecule is C=C(C(N)=O)C(N)=N/C(NCC)=C(\N)I. The largest absolute Gasteiger partial charge is 0.391 e. The van der Waals surface area contributed by atoms with Gasteiger partial charge in [0.1, 0.15) is 9.54 Å². The molecule has 0 aromatic rings. The van der Waals surface area contributed by atoms with Crippen molar-refractivity contribution in [2.45, 2.75) is 6.92 Å². The first kappa shape index (κ1) is 13.8. The molecule has 0 spiro atoms. The number of carbonyl (C=O) groups excluding carboxylic acids is 1. The number of hydrogen-bond donors (Lipinski definition) is 4. The summed E-state index contributed by atoms with van der Waals surface area (Å²) in [5, 5.41) is 2.89.